The molecule has 2 aromatic carbocycles. The number of aromatic nitrogens is 2. The predicted molar refractivity (Wildman–Crippen MR) is 96.3 cm³/mol. The molecule has 0 saturated heterocycles. The number of methoxy groups -OCH3 is 1. The van der Waals surface area contributed by atoms with E-state index >= 15 is 0 Å². The Bertz CT molecular complexity index is 923. The van der Waals surface area contributed by atoms with E-state index in [1.807, 2.05) is 12.1 Å². The molecule has 1 heterocycles. The number of hydrogen-bond acceptors (Lipinski definition) is 3. The van der Waals surface area contributed by atoms with Crippen LogP contribution in [0.2, 0.25) is 0 Å². The van der Waals surface area contributed by atoms with Crippen molar-refractivity contribution in [2.45, 2.75) is 6.73 Å². The third-order valence-electron chi connectivity index (χ3n) is 3.71. The van der Waals surface area contributed by atoms with E-state index in [9.17, 15) is 9.18 Å². The molecule has 1 amide bonds. The molecule has 0 unspecified atom stereocenters. The van der Waals surface area contributed by atoms with E-state index in [-0.39, 0.29) is 12.5 Å². The topological polar surface area (TPSA) is 70.1 Å². The Morgan fingerprint density at radius 3 is 2.64 bits per heavy atom. The van der Waals surface area contributed by atoms with Crippen molar-refractivity contribution in [3.8, 4) is 22.5 Å². The molecular formula is C18H15BrFN3O2. The molecule has 3 aromatic rings. The quantitative estimate of drug-likeness (QED) is 0.703. The van der Waals surface area contributed by atoms with Crippen molar-refractivity contribution in [3.05, 3.63) is 64.4 Å². The number of hydrogen-bond donors (Lipinski definition) is 1. The fourth-order valence-electron chi connectivity index (χ4n) is 2.60. The average molecular weight is 404 g/mol. The second kappa shape index (κ2) is 7.16. The van der Waals surface area contributed by atoms with E-state index in [1.165, 1.54) is 12.1 Å². The Balaban J connectivity index is 2.18. The summed E-state index contributed by atoms with van der Waals surface area (Å²) < 4.78 is 20.8. The molecule has 3 rings (SSSR count). The van der Waals surface area contributed by atoms with Gasteiger partial charge in [-0.05, 0) is 42.5 Å². The number of primary amides is 1. The van der Waals surface area contributed by atoms with Crippen LogP contribution in [0.3, 0.4) is 0 Å². The summed E-state index contributed by atoms with van der Waals surface area (Å²) >= 11 is 3.45. The van der Waals surface area contributed by atoms with Crippen molar-refractivity contribution in [2.24, 2.45) is 5.73 Å². The molecule has 2 N–H and O–H groups in total. The van der Waals surface area contributed by atoms with Gasteiger partial charge < -0.3 is 10.5 Å². The molecule has 0 aliphatic rings. The second-order valence-corrected chi connectivity index (χ2v) is 6.22. The molecule has 0 aliphatic carbocycles. The number of carbonyl (C=O) groups is 1. The van der Waals surface area contributed by atoms with Gasteiger partial charge in [0.05, 0.1) is 11.4 Å². The van der Waals surface area contributed by atoms with Crippen molar-refractivity contribution in [1.82, 2.24) is 9.78 Å². The van der Waals surface area contributed by atoms with Crippen LogP contribution < -0.4 is 5.73 Å². The first-order valence-electron chi connectivity index (χ1n) is 7.42. The van der Waals surface area contributed by atoms with Crippen LogP contribution in [-0.2, 0) is 11.5 Å². The van der Waals surface area contributed by atoms with Gasteiger partial charge in [0.25, 0.3) is 0 Å². The van der Waals surface area contributed by atoms with Crippen molar-refractivity contribution in [2.75, 3.05) is 7.11 Å². The zero-order chi connectivity index (χ0) is 18.0. The van der Waals surface area contributed by atoms with E-state index in [1.54, 1.807) is 36.1 Å². The van der Waals surface area contributed by atoms with Gasteiger partial charge in [-0.15, -0.1) is 0 Å². The lowest BCUT2D eigenvalue weighted by Gasteiger charge is -2.07. The average Bonchev–Trinajstić information content (AvgIpc) is 2.99. The fraction of sp³-hybridized carbons (Fsp3) is 0.111. The number of benzene rings is 2. The fourth-order valence-corrected chi connectivity index (χ4v) is 3.17. The van der Waals surface area contributed by atoms with Crippen LogP contribution in [0.4, 0.5) is 4.39 Å². The number of carbonyl (C=O) groups excluding carboxylic acids is 1. The monoisotopic (exact) mass is 403 g/mol. The number of nitrogens with zero attached hydrogens (tertiary/aromatic N) is 2. The zero-order valence-electron chi connectivity index (χ0n) is 13.4. The third-order valence-corrected chi connectivity index (χ3v) is 4.37. The highest BCUT2D eigenvalue weighted by Crippen LogP contribution is 2.33. The maximum Gasteiger partial charge on any atom is 0.249 e. The zero-order valence-corrected chi connectivity index (χ0v) is 15.0. The minimum Gasteiger partial charge on any atom is -0.366 e. The molecular weight excluding hydrogens is 389 g/mol. The van der Waals surface area contributed by atoms with Gasteiger partial charge in [-0.1, -0.05) is 22.0 Å². The lowest BCUT2D eigenvalue weighted by atomic mass is 10.0. The molecule has 25 heavy (non-hydrogen) atoms. The van der Waals surface area contributed by atoms with E-state index in [0.29, 0.717) is 21.3 Å². The summed E-state index contributed by atoms with van der Waals surface area (Å²) in [5.41, 5.74) is 8.55. The van der Waals surface area contributed by atoms with Crippen molar-refractivity contribution in [3.63, 3.8) is 0 Å². The van der Waals surface area contributed by atoms with Gasteiger partial charge in [0, 0.05) is 28.3 Å². The van der Waals surface area contributed by atoms with Crippen LogP contribution in [0.5, 0.6) is 0 Å². The molecule has 7 heteroatoms. The van der Waals surface area contributed by atoms with E-state index in [4.69, 9.17) is 10.5 Å². The summed E-state index contributed by atoms with van der Waals surface area (Å²) in [6.07, 6.45) is 0. The minimum atomic E-state index is -0.541. The minimum absolute atomic E-state index is 0.211. The van der Waals surface area contributed by atoms with Crippen LogP contribution in [0.1, 0.15) is 10.4 Å². The predicted octanol–water partition coefficient (Wildman–Crippen LogP) is 3.82. The number of nitrogens with two attached hydrogens (primary N) is 1. The maximum atomic E-state index is 13.2. The Morgan fingerprint density at radius 2 is 2.00 bits per heavy atom. The molecule has 0 fully saturated rings. The highest BCUT2D eigenvalue weighted by molar-refractivity contribution is 9.10. The highest BCUT2D eigenvalue weighted by Gasteiger charge is 2.18. The maximum absolute atomic E-state index is 13.2. The number of halogens is 2. The lowest BCUT2D eigenvalue weighted by molar-refractivity contribution is 0.100. The number of ether oxygens (including phenoxy) is 1. The van der Waals surface area contributed by atoms with E-state index < -0.39 is 5.91 Å². The van der Waals surface area contributed by atoms with Gasteiger partial charge in [0.1, 0.15) is 12.5 Å². The Hall–Kier alpha value is -2.51. The summed E-state index contributed by atoms with van der Waals surface area (Å²) in [6, 6.07) is 13.1. The lowest BCUT2D eigenvalue weighted by Crippen LogP contribution is -2.12. The van der Waals surface area contributed by atoms with Crippen molar-refractivity contribution >= 4 is 21.8 Å². The van der Waals surface area contributed by atoms with Crippen LogP contribution in [0.15, 0.2) is 53.0 Å². The van der Waals surface area contributed by atoms with Gasteiger partial charge in [0.15, 0.2) is 0 Å². The molecule has 128 valence electrons. The molecule has 0 radical (unpaired) electrons. The Kier molecular flexibility index (Phi) is 4.96. The molecule has 0 bridgehead atoms. The van der Waals surface area contributed by atoms with Crippen LogP contribution in [0, 0.1) is 5.82 Å². The molecule has 0 saturated carbocycles. The van der Waals surface area contributed by atoms with Gasteiger partial charge in [-0.3, -0.25) is 4.79 Å². The van der Waals surface area contributed by atoms with Crippen molar-refractivity contribution in [1.29, 1.82) is 0 Å². The molecule has 0 atom stereocenters. The summed E-state index contributed by atoms with van der Waals surface area (Å²) in [7, 11) is 1.56. The summed E-state index contributed by atoms with van der Waals surface area (Å²) in [5, 5.41) is 4.53. The normalized spacial score (nSPS) is 10.8. The first-order chi connectivity index (χ1) is 12.0. The third kappa shape index (κ3) is 3.47. The summed E-state index contributed by atoms with van der Waals surface area (Å²) in [4.78, 5) is 11.8. The first kappa shape index (κ1) is 17.3. The molecule has 5 nitrogen and oxygen atoms in total. The number of amides is 1. The van der Waals surface area contributed by atoms with Crippen molar-refractivity contribution < 1.29 is 13.9 Å². The van der Waals surface area contributed by atoms with Gasteiger partial charge in [0.2, 0.25) is 5.91 Å². The second-order valence-electron chi connectivity index (χ2n) is 5.37. The highest BCUT2D eigenvalue weighted by atomic mass is 79.9. The molecule has 1 aromatic heterocycles. The Labute approximate surface area is 152 Å². The SMILES string of the molecule is COCn1nc(-c2c(Br)cccc2C(N)=O)cc1-c1ccc(F)cc1. The smallest absolute Gasteiger partial charge is 0.249 e. The summed E-state index contributed by atoms with van der Waals surface area (Å²) in [6.45, 7) is 0.211. The first-order valence-corrected chi connectivity index (χ1v) is 8.22. The molecule has 0 spiro atoms. The largest absolute Gasteiger partial charge is 0.366 e. The number of rotatable bonds is 5. The molecule has 0 aliphatic heterocycles. The van der Waals surface area contributed by atoms with Crippen LogP contribution >= 0.6 is 15.9 Å². The summed E-state index contributed by atoms with van der Waals surface area (Å²) in [5.74, 6) is -0.857. The van der Waals surface area contributed by atoms with Gasteiger partial charge in [-0.25, -0.2) is 9.07 Å². The van der Waals surface area contributed by atoms with Crippen LogP contribution in [0.25, 0.3) is 22.5 Å². The van der Waals surface area contributed by atoms with Gasteiger partial charge in [-0.2, -0.15) is 5.10 Å². The Morgan fingerprint density at radius 1 is 1.28 bits per heavy atom. The van der Waals surface area contributed by atoms with E-state index in [2.05, 4.69) is 21.0 Å². The van der Waals surface area contributed by atoms with Crippen LogP contribution in [-0.4, -0.2) is 22.8 Å². The van der Waals surface area contributed by atoms with Gasteiger partial charge >= 0.3 is 0 Å². The van der Waals surface area contributed by atoms with E-state index in [0.717, 1.165) is 11.3 Å². The standard InChI is InChI=1S/C18H15BrFN3O2/c1-25-10-23-16(11-5-7-12(20)8-6-11)9-15(22-23)17-13(18(21)24)3-2-4-14(17)19/h2-9H,10H2,1H3,(H2,21,24).